The van der Waals surface area contributed by atoms with E-state index in [0.29, 0.717) is 33.7 Å². The van der Waals surface area contributed by atoms with Crippen molar-refractivity contribution in [2.75, 3.05) is 11.0 Å². The SMILES string of the molecule is CS(=O)(=O)Nc1ccc2ccn(-c3cc(-c4cccc(=O)[nH]4)cc(-c4ccc(F)cc4F)c3)c2c1. The fourth-order valence-electron chi connectivity index (χ4n) is 4.03. The molecule has 5 rings (SSSR count). The number of hydrogen-bond donors (Lipinski definition) is 2. The number of fused-ring (bicyclic) bond motifs is 1. The zero-order valence-corrected chi connectivity index (χ0v) is 19.2. The van der Waals surface area contributed by atoms with Crippen molar-refractivity contribution in [3.63, 3.8) is 0 Å². The molecular weight excluding hydrogens is 472 g/mol. The maximum absolute atomic E-state index is 14.7. The summed E-state index contributed by atoms with van der Waals surface area (Å²) in [5.41, 5.74) is 3.28. The second-order valence-electron chi connectivity index (χ2n) is 8.16. The molecule has 2 N–H and O–H groups in total. The lowest BCUT2D eigenvalue weighted by Crippen LogP contribution is -2.09. The first-order valence-electron chi connectivity index (χ1n) is 10.6. The van der Waals surface area contributed by atoms with Crippen LogP contribution >= 0.6 is 0 Å². The second-order valence-corrected chi connectivity index (χ2v) is 9.90. The topological polar surface area (TPSA) is 84.0 Å². The molecule has 0 amide bonds. The van der Waals surface area contributed by atoms with Gasteiger partial charge in [0, 0.05) is 46.2 Å². The second kappa shape index (κ2) is 8.52. The smallest absolute Gasteiger partial charge is 0.248 e. The summed E-state index contributed by atoms with van der Waals surface area (Å²) in [5.74, 6) is -1.40. The first-order valence-corrected chi connectivity index (χ1v) is 12.4. The number of H-pyrrole nitrogens is 1. The maximum Gasteiger partial charge on any atom is 0.248 e. The van der Waals surface area contributed by atoms with E-state index in [2.05, 4.69) is 9.71 Å². The lowest BCUT2D eigenvalue weighted by Gasteiger charge is -2.14. The lowest BCUT2D eigenvalue weighted by atomic mass is 9.99. The minimum atomic E-state index is -3.47. The largest absolute Gasteiger partial charge is 0.322 e. The molecule has 0 aliphatic rings. The van der Waals surface area contributed by atoms with E-state index in [9.17, 15) is 22.0 Å². The molecule has 3 aromatic carbocycles. The van der Waals surface area contributed by atoms with Crippen LogP contribution in [-0.2, 0) is 10.0 Å². The minimum absolute atomic E-state index is 0.198. The van der Waals surface area contributed by atoms with Crippen LogP contribution in [0, 0.1) is 11.6 Å². The van der Waals surface area contributed by atoms with Crippen molar-refractivity contribution in [3.8, 4) is 28.1 Å². The number of benzene rings is 3. The summed E-state index contributed by atoms with van der Waals surface area (Å²) in [4.78, 5) is 14.7. The number of pyridine rings is 1. The summed E-state index contributed by atoms with van der Waals surface area (Å²) in [7, 11) is -3.47. The number of hydrogen-bond acceptors (Lipinski definition) is 3. The van der Waals surface area contributed by atoms with Gasteiger partial charge in [0.15, 0.2) is 0 Å². The molecule has 6 nitrogen and oxygen atoms in total. The zero-order chi connectivity index (χ0) is 24.7. The Labute approximate surface area is 199 Å². The quantitative estimate of drug-likeness (QED) is 0.350. The predicted octanol–water partition coefficient (Wildman–Crippen LogP) is 5.30. The van der Waals surface area contributed by atoms with Crippen molar-refractivity contribution in [2.24, 2.45) is 0 Å². The zero-order valence-electron chi connectivity index (χ0n) is 18.4. The van der Waals surface area contributed by atoms with Crippen LogP contribution in [0.4, 0.5) is 14.5 Å². The number of anilines is 1. The van der Waals surface area contributed by atoms with Gasteiger partial charge in [-0.05, 0) is 60.2 Å². The molecule has 0 fully saturated rings. The molecule has 0 bridgehead atoms. The standard InChI is InChI=1S/C26H19F2N3O3S/c1-35(33,34)30-20-7-5-16-9-10-31(25(16)15-20)21-12-17(22-8-6-19(27)14-23(22)28)11-18(13-21)24-3-2-4-26(32)29-24/h2-15,30H,1H3,(H,29,32). The third kappa shape index (κ3) is 4.71. The van der Waals surface area contributed by atoms with Gasteiger partial charge in [0.2, 0.25) is 15.6 Å². The molecule has 0 saturated heterocycles. The summed E-state index contributed by atoms with van der Waals surface area (Å²) in [5, 5.41) is 0.858. The molecule has 2 aromatic heterocycles. The Morgan fingerprint density at radius 3 is 2.43 bits per heavy atom. The molecule has 35 heavy (non-hydrogen) atoms. The van der Waals surface area contributed by atoms with Gasteiger partial charge in [0.1, 0.15) is 11.6 Å². The number of aromatic nitrogens is 2. The number of nitrogens with zero attached hydrogens (tertiary/aromatic N) is 1. The molecule has 0 saturated carbocycles. The molecule has 0 unspecified atom stereocenters. The monoisotopic (exact) mass is 491 g/mol. The van der Waals surface area contributed by atoms with E-state index in [4.69, 9.17) is 0 Å². The molecule has 0 atom stereocenters. The Balaban J connectivity index is 1.74. The fourth-order valence-corrected chi connectivity index (χ4v) is 4.59. The van der Waals surface area contributed by atoms with E-state index < -0.39 is 21.7 Å². The van der Waals surface area contributed by atoms with Crippen molar-refractivity contribution in [1.82, 2.24) is 9.55 Å². The van der Waals surface area contributed by atoms with Crippen molar-refractivity contribution >= 4 is 26.6 Å². The van der Waals surface area contributed by atoms with Crippen LogP contribution in [-0.4, -0.2) is 24.2 Å². The van der Waals surface area contributed by atoms with Crippen LogP contribution in [0.1, 0.15) is 0 Å². The van der Waals surface area contributed by atoms with Crippen molar-refractivity contribution in [1.29, 1.82) is 0 Å². The van der Waals surface area contributed by atoms with Gasteiger partial charge in [-0.15, -0.1) is 0 Å². The summed E-state index contributed by atoms with van der Waals surface area (Å²) < 4.78 is 56.0. The Bertz CT molecular complexity index is 1760. The Hall–Kier alpha value is -4.24. The number of sulfonamides is 1. The van der Waals surface area contributed by atoms with Gasteiger partial charge in [-0.2, -0.15) is 0 Å². The Morgan fingerprint density at radius 2 is 1.69 bits per heavy atom. The van der Waals surface area contributed by atoms with Gasteiger partial charge < -0.3 is 9.55 Å². The molecule has 2 heterocycles. The molecule has 0 spiro atoms. The van der Waals surface area contributed by atoms with Gasteiger partial charge in [-0.25, -0.2) is 17.2 Å². The van der Waals surface area contributed by atoms with Crippen LogP contribution in [0.25, 0.3) is 39.0 Å². The van der Waals surface area contributed by atoms with E-state index in [1.807, 2.05) is 22.9 Å². The van der Waals surface area contributed by atoms with Gasteiger partial charge in [-0.1, -0.05) is 12.1 Å². The van der Waals surface area contributed by atoms with Crippen LogP contribution in [0.5, 0.6) is 0 Å². The molecule has 0 aliphatic heterocycles. The number of halogens is 2. The third-order valence-corrected chi connectivity index (χ3v) is 6.12. The van der Waals surface area contributed by atoms with Gasteiger partial charge in [0.25, 0.3) is 0 Å². The fraction of sp³-hybridized carbons (Fsp3) is 0.0385. The van der Waals surface area contributed by atoms with Crippen molar-refractivity contribution < 1.29 is 17.2 Å². The van der Waals surface area contributed by atoms with Crippen LogP contribution in [0.15, 0.2) is 89.9 Å². The van der Waals surface area contributed by atoms with Crippen molar-refractivity contribution in [2.45, 2.75) is 0 Å². The van der Waals surface area contributed by atoms with E-state index in [-0.39, 0.29) is 11.1 Å². The highest BCUT2D eigenvalue weighted by Crippen LogP contribution is 2.33. The van der Waals surface area contributed by atoms with Crippen LogP contribution in [0.2, 0.25) is 0 Å². The molecule has 9 heteroatoms. The number of nitrogens with one attached hydrogen (secondary N) is 2. The Morgan fingerprint density at radius 1 is 0.886 bits per heavy atom. The highest BCUT2D eigenvalue weighted by molar-refractivity contribution is 7.92. The summed E-state index contributed by atoms with van der Waals surface area (Å²) in [6.45, 7) is 0. The van der Waals surface area contributed by atoms with Crippen LogP contribution in [0.3, 0.4) is 0 Å². The molecule has 176 valence electrons. The van der Waals surface area contributed by atoms with Gasteiger partial charge >= 0.3 is 0 Å². The normalized spacial score (nSPS) is 11.6. The van der Waals surface area contributed by atoms with E-state index in [1.54, 1.807) is 42.5 Å². The first-order chi connectivity index (χ1) is 16.7. The van der Waals surface area contributed by atoms with E-state index in [1.165, 1.54) is 18.2 Å². The lowest BCUT2D eigenvalue weighted by molar-refractivity contribution is 0.585. The molecular formula is C26H19F2N3O3S. The molecule has 0 radical (unpaired) electrons. The third-order valence-electron chi connectivity index (χ3n) is 5.51. The Kier molecular flexibility index (Phi) is 5.49. The highest BCUT2D eigenvalue weighted by atomic mass is 32.2. The average Bonchev–Trinajstić information content (AvgIpc) is 3.21. The molecule has 0 aliphatic carbocycles. The summed E-state index contributed by atoms with van der Waals surface area (Å²) in [6.07, 6.45) is 2.89. The van der Waals surface area contributed by atoms with E-state index >= 15 is 0 Å². The van der Waals surface area contributed by atoms with Crippen LogP contribution < -0.4 is 10.3 Å². The average molecular weight is 492 g/mol. The predicted molar refractivity (Wildman–Crippen MR) is 133 cm³/mol. The highest BCUT2D eigenvalue weighted by Gasteiger charge is 2.13. The minimum Gasteiger partial charge on any atom is -0.322 e. The van der Waals surface area contributed by atoms with Crippen molar-refractivity contribution in [3.05, 3.63) is 107 Å². The summed E-state index contributed by atoms with van der Waals surface area (Å²) >= 11 is 0. The molecule has 5 aromatic rings. The van der Waals surface area contributed by atoms with Gasteiger partial charge in [-0.3, -0.25) is 9.52 Å². The summed E-state index contributed by atoms with van der Waals surface area (Å²) in [6, 6.07) is 20.4. The number of aromatic amines is 1. The first kappa shape index (κ1) is 22.5. The number of rotatable bonds is 5. The maximum atomic E-state index is 14.7. The van der Waals surface area contributed by atoms with E-state index in [0.717, 1.165) is 17.7 Å². The van der Waals surface area contributed by atoms with Gasteiger partial charge in [0.05, 0.1) is 17.5 Å².